The second kappa shape index (κ2) is 10.2. The molecule has 1 unspecified atom stereocenters. The largest absolute Gasteiger partial charge is 0.444 e. The first-order valence-corrected chi connectivity index (χ1v) is 13.4. The molecule has 3 heterocycles. The second-order valence-corrected chi connectivity index (χ2v) is 12.0. The molecule has 0 aromatic heterocycles. The smallest absolute Gasteiger partial charge is 0.411 e. The highest BCUT2D eigenvalue weighted by Crippen LogP contribution is 2.43. The van der Waals surface area contributed by atoms with Crippen molar-refractivity contribution < 1.29 is 23.5 Å². The van der Waals surface area contributed by atoms with Crippen molar-refractivity contribution in [2.24, 2.45) is 5.92 Å². The highest BCUT2D eigenvalue weighted by Gasteiger charge is 2.52. The molecule has 1 aromatic carbocycles. The zero-order chi connectivity index (χ0) is 26.3. The van der Waals surface area contributed by atoms with Crippen molar-refractivity contribution in [3.63, 3.8) is 0 Å². The number of carbonyl (C=O) groups is 2. The van der Waals surface area contributed by atoms with Gasteiger partial charge in [-0.25, -0.2) is 9.18 Å². The number of ether oxygens (including phenoxy) is 2. The van der Waals surface area contributed by atoms with Crippen LogP contribution in [0.5, 0.6) is 0 Å². The van der Waals surface area contributed by atoms with E-state index in [4.69, 9.17) is 9.47 Å². The summed E-state index contributed by atoms with van der Waals surface area (Å²) >= 11 is 0. The third kappa shape index (κ3) is 5.46. The van der Waals surface area contributed by atoms with E-state index in [1.54, 1.807) is 37.8 Å². The maximum absolute atomic E-state index is 15.1. The second-order valence-electron chi connectivity index (χ2n) is 12.0. The highest BCUT2D eigenvalue weighted by molar-refractivity contribution is 5.87. The molecule has 5 atom stereocenters. The first-order valence-electron chi connectivity index (χ1n) is 13.4. The molecule has 8 nitrogen and oxygen atoms in total. The van der Waals surface area contributed by atoms with E-state index in [-0.39, 0.29) is 36.0 Å². The summed E-state index contributed by atoms with van der Waals surface area (Å²) in [7, 11) is 0. The number of nitrogens with zero attached hydrogens (tertiary/aromatic N) is 3. The Kier molecular flexibility index (Phi) is 7.16. The molecule has 9 heteroatoms. The summed E-state index contributed by atoms with van der Waals surface area (Å²) in [5.74, 6) is -0.391. The zero-order valence-electron chi connectivity index (χ0n) is 21.9. The normalized spacial score (nSPS) is 28.6. The van der Waals surface area contributed by atoms with Gasteiger partial charge in [-0.3, -0.25) is 14.6 Å². The van der Waals surface area contributed by atoms with E-state index >= 15 is 4.39 Å². The van der Waals surface area contributed by atoms with Crippen LogP contribution in [0.4, 0.5) is 9.18 Å². The fraction of sp³-hybridized carbons (Fsp3) is 0.679. The molecule has 5 rings (SSSR count). The van der Waals surface area contributed by atoms with Crippen LogP contribution < -0.4 is 5.32 Å². The predicted molar refractivity (Wildman–Crippen MR) is 134 cm³/mol. The van der Waals surface area contributed by atoms with Crippen LogP contribution in [-0.4, -0.2) is 77.9 Å². The first-order chi connectivity index (χ1) is 17.6. The van der Waals surface area contributed by atoms with Crippen molar-refractivity contribution in [3.8, 4) is 6.07 Å². The lowest BCUT2D eigenvalue weighted by atomic mass is 9.95. The number of amides is 2. The van der Waals surface area contributed by atoms with Gasteiger partial charge >= 0.3 is 6.09 Å². The Morgan fingerprint density at radius 3 is 2.68 bits per heavy atom. The number of likely N-dealkylation sites (tertiary alicyclic amines) is 2. The Morgan fingerprint density at radius 2 is 2.03 bits per heavy atom. The van der Waals surface area contributed by atoms with Gasteiger partial charge in [-0.15, -0.1) is 0 Å². The van der Waals surface area contributed by atoms with E-state index in [0.717, 1.165) is 57.6 Å². The van der Waals surface area contributed by atoms with Crippen LogP contribution in [0.3, 0.4) is 0 Å². The lowest BCUT2D eigenvalue weighted by Gasteiger charge is -2.35. The van der Waals surface area contributed by atoms with E-state index in [9.17, 15) is 14.9 Å². The Labute approximate surface area is 218 Å². The number of hydrogen-bond acceptors (Lipinski definition) is 6. The average Bonchev–Trinajstić information content (AvgIpc) is 3.53. The van der Waals surface area contributed by atoms with Gasteiger partial charge in [-0.05, 0) is 82.0 Å². The molecule has 2 amide bonds. The summed E-state index contributed by atoms with van der Waals surface area (Å²) in [5, 5.41) is 12.5. The molecular formula is C28H37FN4O4. The standard InChI is InChI=1S/C28H37FN4O4/c1-28(2,3)37-27(35)33-22-7-6-19(11-22)25(33)26(34)31-21(13-30)10-18-5-4-17(12-24(18)29)20-8-9-32(14-20)23-15-36-16-23/h4-5,12,19-23,25H,6-11,14-16H2,1-3H3,(H,31,34)/t19-,20?,21-,22+,25-/m0/s1. The van der Waals surface area contributed by atoms with Crippen molar-refractivity contribution in [3.05, 3.63) is 35.1 Å². The summed E-state index contributed by atoms with van der Waals surface area (Å²) in [6.07, 6.45) is 3.03. The molecule has 3 aliphatic heterocycles. The maximum Gasteiger partial charge on any atom is 0.411 e. The van der Waals surface area contributed by atoms with Gasteiger partial charge in [-0.1, -0.05) is 12.1 Å². The lowest BCUT2D eigenvalue weighted by molar-refractivity contribution is -0.128. The van der Waals surface area contributed by atoms with Crippen molar-refractivity contribution >= 4 is 12.0 Å². The summed E-state index contributed by atoms with van der Waals surface area (Å²) < 4.78 is 26.0. The minimum absolute atomic E-state index is 0.0237. The fourth-order valence-corrected chi connectivity index (χ4v) is 6.32. The minimum atomic E-state index is -0.895. The average molecular weight is 513 g/mol. The summed E-state index contributed by atoms with van der Waals surface area (Å²) in [6.45, 7) is 8.84. The van der Waals surface area contributed by atoms with Crippen LogP contribution in [0.2, 0.25) is 0 Å². The molecule has 4 aliphatic rings. The van der Waals surface area contributed by atoms with E-state index in [1.807, 2.05) is 6.07 Å². The van der Waals surface area contributed by atoms with Gasteiger partial charge in [-0.2, -0.15) is 5.26 Å². The molecule has 1 N–H and O–H groups in total. The van der Waals surface area contributed by atoms with Crippen LogP contribution in [0, 0.1) is 23.1 Å². The Hall–Kier alpha value is -2.70. The van der Waals surface area contributed by atoms with Gasteiger partial charge in [0.05, 0.1) is 25.3 Å². The third-order valence-corrected chi connectivity index (χ3v) is 8.26. The summed E-state index contributed by atoms with van der Waals surface area (Å²) in [4.78, 5) is 30.1. The molecule has 200 valence electrons. The van der Waals surface area contributed by atoms with Crippen LogP contribution in [0.15, 0.2) is 18.2 Å². The van der Waals surface area contributed by atoms with Crippen LogP contribution in [-0.2, 0) is 20.7 Å². The predicted octanol–water partition coefficient (Wildman–Crippen LogP) is 3.35. The van der Waals surface area contributed by atoms with Crippen molar-refractivity contribution in [2.45, 2.75) is 88.6 Å². The molecule has 3 saturated heterocycles. The maximum atomic E-state index is 15.1. The van der Waals surface area contributed by atoms with Crippen molar-refractivity contribution in [2.75, 3.05) is 26.3 Å². The number of nitriles is 1. The zero-order valence-corrected chi connectivity index (χ0v) is 21.9. The number of benzene rings is 1. The number of rotatable bonds is 6. The third-order valence-electron chi connectivity index (χ3n) is 8.26. The molecule has 1 aromatic rings. The van der Waals surface area contributed by atoms with Crippen LogP contribution >= 0.6 is 0 Å². The van der Waals surface area contributed by atoms with Gasteiger partial charge in [0, 0.05) is 19.0 Å². The first kappa shape index (κ1) is 25.9. The molecule has 2 bridgehead atoms. The van der Waals surface area contributed by atoms with E-state index in [1.165, 1.54) is 0 Å². The highest BCUT2D eigenvalue weighted by atomic mass is 19.1. The van der Waals surface area contributed by atoms with E-state index < -0.39 is 23.8 Å². The van der Waals surface area contributed by atoms with Gasteiger partial charge in [0.25, 0.3) is 0 Å². The fourth-order valence-electron chi connectivity index (χ4n) is 6.32. The van der Waals surface area contributed by atoms with E-state index in [0.29, 0.717) is 11.6 Å². The number of piperidine rings is 1. The van der Waals surface area contributed by atoms with E-state index in [2.05, 4.69) is 16.3 Å². The Balaban J connectivity index is 1.21. The molecule has 4 fully saturated rings. The lowest BCUT2D eigenvalue weighted by Crippen LogP contribution is -2.55. The molecule has 1 aliphatic carbocycles. The molecule has 1 saturated carbocycles. The monoisotopic (exact) mass is 512 g/mol. The number of nitrogens with one attached hydrogen (secondary N) is 1. The number of halogens is 1. The van der Waals surface area contributed by atoms with Gasteiger partial charge < -0.3 is 14.8 Å². The topological polar surface area (TPSA) is 94.9 Å². The number of fused-ring (bicyclic) bond motifs is 2. The molecular weight excluding hydrogens is 475 g/mol. The number of hydrogen-bond donors (Lipinski definition) is 1. The summed E-state index contributed by atoms with van der Waals surface area (Å²) in [6, 6.07) is 6.27. The van der Waals surface area contributed by atoms with Crippen molar-refractivity contribution in [1.82, 2.24) is 15.1 Å². The van der Waals surface area contributed by atoms with Gasteiger partial charge in [0.1, 0.15) is 23.5 Å². The SMILES string of the molecule is CC(C)(C)OC(=O)N1[C@@H]2CC[C@@H](C2)[C@H]1C(=O)N[C@H](C#N)Cc1ccc(C2CCN(C3COC3)C2)cc1F. The quantitative estimate of drug-likeness (QED) is 0.628. The molecule has 0 spiro atoms. The Morgan fingerprint density at radius 1 is 1.24 bits per heavy atom. The van der Waals surface area contributed by atoms with Gasteiger partial charge in [0.2, 0.25) is 5.91 Å². The summed E-state index contributed by atoms with van der Waals surface area (Å²) in [5.41, 5.74) is 0.701. The molecule has 37 heavy (non-hydrogen) atoms. The Bertz CT molecular complexity index is 1080. The molecule has 0 radical (unpaired) electrons. The van der Waals surface area contributed by atoms with Crippen molar-refractivity contribution in [1.29, 1.82) is 5.26 Å². The van der Waals surface area contributed by atoms with Crippen LogP contribution in [0.25, 0.3) is 0 Å². The number of carbonyl (C=O) groups excluding carboxylic acids is 2. The minimum Gasteiger partial charge on any atom is -0.444 e. The van der Waals surface area contributed by atoms with Crippen LogP contribution in [0.1, 0.15) is 63.5 Å². The van der Waals surface area contributed by atoms with Gasteiger partial charge in [0.15, 0.2) is 0 Å².